The van der Waals surface area contributed by atoms with Crippen molar-refractivity contribution in [3.8, 4) is 6.07 Å². The number of nitriles is 1. The molecule has 0 aromatic carbocycles. The fourth-order valence-electron chi connectivity index (χ4n) is 1.80. The summed E-state index contributed by atoms with van der Waals surface area (Å²) in [6.45, 7) is 9.21. The van der Waals surface area contributed by atoms with Gasteiger partial charge in [-0.2, -0.15) is 10.4 Å². The van der Waals surface area contributed by atoms with Crippen LogP contribution in [0.1, 0.15) is 31.7 Å². The van der Waals surface area contributed by atoms with Crippen molar-refractivity contribution < 1.29 is 0 Å². The predicted octanol–water partition coefficient (Wildman–Crippen LogP) is 2.44. The molecule has 5 heteroatoms. The molecule has 0 fully saturated rings. The van der Waals surface area contributed by atoms with E-state index in [0.717, 1.165) is 17.9 Å². The fourth-order valence-corrected chi connectivity index (χ4v) is 1.93. The molecule has 1 aromatic heterocycles. The smallest absolute Gasteiger partial charge is 0.105 e. The number of aromatic nitrogens is 2. The third kappa shape index (κ3) is 3.21. The summed E-state index contributed by atoms with van der Waals surface area (Å²) < 4.78 is 1.87. The monoisotopic (exact) mass is 254 g/mol. The van der Waals surface area contributed by atoms with Crippen LogP contribution >= 0.6 is 11.6 Å². The van der Waals surface area contributed by atoms with E-state index in [1.165, 1.54) is 0 Å². The average Bonchev–Trinajstić information content (AvgIpc) is 2.55. The van der Waals surface area contributed by atoms with Crippen molar-refractivity contribution in [2.45, 2.75) is 46.2 Å². The molecule has 1 aromatic rings. The first-order valence-corrected chi connectivity index (χ1v) is 6.17. The van der Waals surface area contributed by atoms with Crippen molar-refractivity contribution in [1.29, 1.82) is 5.26 Å². The van der Waals surface area contributed by atoms with Gasteiger partial charge in [0.15, 0.2) is 0 Å². The lowest BCUT2D eigenvalue weighted by atomic mass is 10.00. The van der Waals surface area contributed by atoms with Gasteiger partial charge in [-0.1, -0.05) is 18.5 Å². The summed E-state index contributed by atoms with van der Waals surface area (Å²) in [7, 11) is 0. The van der Waals surface area contributed by atoms with Gasteiger partial charge in [0.05, 0.1) is 22.5 Å². The van der Waals surface area contributed by atoms with Crippen LogP contribution in [0.4, 0.5) is 0 Å². The number of hydrogen-bond acceptors (Lipinski definition) is 3. The molecule has 4 nitrogen and oxygen atoms in total. The molecular weight excluding hydrogens is 236 g/mol. The Balaban J connectivity index is 2.73. The molecule has 1 unspecified atom stereocenters. The van der Waals surface area contributed by atoms with E-state index in [2.05, 4.69) is 16.5 Å². The maximum Gasteiger partial charge on any atom is 0.105 e. The molecule has 0 aliphatic rings. The molecule has 17 heavy (non-hydrogen) atoms. The van der Waals surface area contributed by atoms with Crippen molar-refractivity contribution in [3.05, 3.63) is 16.4 Å². The Labute approximate surface area is 108 Å². The molecule has 0 radical (unpaired) electrons. The number of halogens is 1. The van der Waals surface area contributed by atoms with E-state index in [4.69, 9.17) is 16.9 Å². The van der Waals surface area contributed by atoms with E-state index in [1.54, 1.807) is 0 Å². The summed E-state index contributed by atoms with van der Waals surface area (Å²) in [4.78, 5) is 0. The summed E-state index contributed by atoms with van der Waals surface area (Å²) in [5.41, 5.74) is 1.29. The van der Waals surface area contributed by atoms with E-state index in [-0.39, 0.29) is 0 Å². The molecular formula is C12H19ClN4. The molecule has 0 saturated carbocycles. The fraction of sp³-hybridized carbons (Fsp3) is 0.667. The lowest BCUT2D eigenvalue weighted by Crippen LogP contribution is -2.41. The first-order chi connectivity index (χ1) is 7.93. The molecule has 1 heterocycles. The van der Waals surface area contributed by atoms with Gasteiger partial charge in [0.1, 0.15) is 5.54 Å². The molecule has 0 amide bonds. The molecule has 0 bridgehead atoms. The van der Waals surface area contributed by atoms with Crippen molar-refractivity contribution in [2.24, 2.45) is 0 Å². The predicted molar refractivity (Wildman–Crippen MR) is 69.0 cm³/mol. The highest BCUT2D eigenvalue weighted by molar-refractivity contribution is 6.31. The van der Waals surface area contributed by atoms with Crippen LogP contribution in [-0.4, -0.2) is 21.9 Å². The second-order valence-corrected chi connectivity index (χ2v) is 4.81. The van der Waals surface area contributed by atoms with Crippen LogP contribution in [0.15, 0.2) is 0 Å². The van der Waals surface area contributed by atoms with E-state index in [0.29, 0.717) is 18.0 Å². The molecule has 94 valence electrons. The minimum absolute atomic E-state index is 0.506. The van der Waals surface area contributed by atoms with Crippen molar-refractivity contribution in [3.63, 3.8) is 0 Å². The van der Waals surface area contributed by atoms with Gasteiger partial charge in [0.25, 0.3) is 0 Å². The summed E-state index contributed by atoms with van der Waals surface area (Å²) in [6.07, 6.45) is 0.704. The van der Waals surface area contributed by atoms with Crippen molar-refractivity contribution in [1.82, 2.24) is 15.1 Å². The van der Waals surface area contributed by atoms with Crippen LogP contribution in [0.25, 0.3) is 0 Å². The zero-order valence-corrected chi connectivity index (χ0v) is 11.6. The van der Waals surface area contributed by atoms with Crippen LogP contribution in [0.2, 0.25) is 5.02 Å². The molecule has 0 aliphatic carbocycles. The van der Waals surface area contributed by atoms with E-state index >= 15 is 0 Å². The van der Waals surface area contributed by atoms with E-state index in [1.807, 2.05) is 32.4 Å². The number of hydrogen-bond donors (Lipinski definition) is 1. The third-order valence-electron chi connectivity index (χ3n) is 2.93. The zero-order valence-electron chi connectivity index (χ0n) is 10.8. The molecule has 1 N–H and O–H groups in total. The van der Waals surface area contributed by atoms with Gasteiger partial charge < -0.3 is 0 Å². The van der Waals surface area contributed by atoms with Gasteiger partial charge in [0, 0.05) is 6.54 Å². The topological polar surface area (TPSA) is 53.6 Å². The van der Waals surface area contributed by atoms with Gasteiger partial charge >= 0.3 is 0 Å². The summed E-state index contributed by atoms with van der Waals surface area (Å²) in [5.74, 6) is 0. The Hall–Kier alpha value is -1.05. The Morgan fingerprint density at radius 1 is 1.53 bits per heavy atom. The minimum atomic E-state index is -0.506. The summed E-state index contributed by atoms with van der Waals surface area (Å²) in [6, 6.07) is 2.31. The normalized spacial score (nSPS) is 14.4. The van der Waals surface area contributed by atoms with Crippen molar-refractivity contribution in [2.75, 3.05) is 6.54 Å². The van der Waals surface area contributed by atoms with Crippen LogP contribution < -0.4 is 5.32 Å². The number of nitrogens with one attached hydrogen (secondary N) is 1. The number of nitrogens with zero attached hydrogens (tertiary/aromatic N) is 3. The largest absolute Gasteiger partial charge is 0.300 e. The highest BCUT2D eigenvalue weighted by Gasteiger charge is 2.22. The van der Waals surface area contributed by atoms with E-state index in [9.17, 15) is 0 Å². The quantitative estimate of drug-likeness (QED) is 0.878. The van der Waals surface area contributed by atoms with Crippen molar-refractivity contribution >= 4 is 11.6 Å². The third-order valence-corrected chi connectivity index (χ3v) is 3.48. The molecule has 0 aliphatic heterocycles. The Bertz CT molecular complexity index is 432. The van der Waals surface area contributed by atoms with Gasteiger partial charge in [-0.05, 0) is 33.7 Å². The maximum absolute atomic E-state index is 9.16. The standard InChI is InChI=1S/C12H19ClN4/c1-5-15-12(4,8-14)6-7-17-10(3)11(13)9(2)16-17/h15H,5-7H2,1-4H3. The lowest BCUT2D eigenvalue weighted by molar-refractivity contribution is 0.387. The lowest BCUT2D eigenvalue weighted by Gasteiger charge is -2.22. The van der Waals surface area contributed by atoms with Gasteiger partial charge in [-0.25, -0.2) is 0 Å². The first-order valence-electron chi connectivity index (χ1n) is 5.79. The van der Waals surface area contributed by atoms with Crippen LogP contribution in [0.5, 0.6) is 0 Å². The van der Waals surface area contributed by atoms with Gasteiger partial charge in [-0.3, -0.25) is 10.00 Å². The minimum Gasteiger partial charge on any atom is -0.300 e. The van der Waals surface area contributed by atoms with Crippen LogP contribution in [-0.2, 0) is 6.54 Å². The average molecular weight is 255 g/mol. The van der Waals surface area contributed by atoms with Crippen LogP contribution in [0.3, 0.4) is 0 Å². The second-order valence-electron chi connectivity index (χ2n) is 4.43. The second kappa shape index (κ2) is 5.52. The molecule has 0 saturated heterocycles. The molecule has 1 rings (SSSR count). The first kappa shape index (κ1) is 14.0. The number of rotatable bonds is 5. The zero-order chi connectivity index (χ0) is 13.1. The highest BCUT2D eigenvalue weighted by Crippen LogP contribution is 2.20. The highest BCUT2D eigenvalue weighted by atomic mass is 35.5. The van der Waals surface area contributed by atoms with E-state index < -0.39 is 5.54 Å². The van der Waals surface area contributed by atoms with Gasteiger partial charge in [0.2, 0.25) is 0 Å². The Morgan fingerprint density at radius 2 is 2.18 bits per heavy atom. The maximum atomic E-state index is 9.16. The SMILES string of the molecule is CCNC(C)(C#N)CCn1nc(C)c(Cl)c1C. The Kier molecular flexibility index (Phi) is 4.55. The summed E-state index contributed by atoms with van der Waals surface area (Å²) in [5, 5.41) is 17.4. The van der Waals surface area contributed by atoms with Gasteiger partial charge in [-0.15, -0.1) is 0 Å². The molecule has 0 spiro atoms. The number of aryl methyl sites for hydroxylation is 2. The molecule has 1 atom stereocenters. The summed E-state index contributed by atoms with van der Waals surface area (Å²) >= 11 is 6.08. The van der Waals surface area contributed by atoms with Crippen LogP contribution in [0, 0.1) is 25.2 Å². The Morgan fingerprint density at radius 3 is 2.59 bits per heavy atom.